The van der Waals surface area contributed by atoms with Gasteiger partial charge in [-0.2, -0.15) is 0 Å². The summed E-state index contributed by atoms with van der Waals surface area (Å²) in [4.78, 5) is 56.6. The first-order valence-electron chi connectivity index (χ1n) is 11.9. The molecule has 1 aliphatic carbocycles. The van der Waals surface area contributed by atoms with Gasteiger partial charge in [0.15, 0.2) is 0 Å². The lowest BCUT2D eigenvalue weighted by atomic mass is 9.77. The highest BCUT2D eigenvalue weighted by molar-refractivity contribution is 6.37. The number of rotatable bonds is 4. The summed E-state index contributed by atoms with van der Waals surface area (Å²) in [6.45, 7) is 4.21. The van der Waals surface area contributed by atoms with Crippen molar-refractivity contribution in [1.82, 2.24) is 0 Å². The minimum atomic E-state index is -2.08. The van der Waals surface area contributed by atoms with Gasteiger partial charge in [-0.15, -0.1) is 0 Å². The molecule has 3 aliphatic rings. The largest absolute Gasteiger partial charge is 0.494 e. The maximum absolute atomic E-state index is 14.0. The molecule has 2 fully saturated rings. The lowest BCUT2D eigenvalue weighted by molar-refractivity contribution is -0.127. The molecule has 1 spiro atoms. The van der Waals surface area contributed by atoms with Crippen molar-refractivity contribution >= 4 is 29.1 Å². The standard InChI is InChI=1S/C29H23NO6/c1-3-35-18-14-12-17(13-15-18)30-27(33)22-23(28(30)34)29(36-24(22)19-9-5-4-8-16(19)2)25(31)20-10-6-7-11-21(20)26(29)32/h4-15,22-24H,3H2,1-2H3. The maximum atomic E-state index is 14.0. The van der Waals surface area contributed by atoms with Crippen LogP contribution < -0.4 is 9.64 Å². The van der Waals surface area contributed by atoms with E-state index in [-0.39, 0.29) is 11.1 Å². The number of benzene rings is 3. The van der Waals surface area contributed by atoms with E-state index >= 15 is 0 Å². The smallest absolute Gasteiger partial charge is 0.241 e. The molecule has 6 rings (SSSR count). The third kappa shape index (κ3) is 2.83. The molecule has 0 aromatic heterocycles. The quantitative estimate of drug-likeness (QED) is 0.412. The van der Waals surface area contributed by atoms with Gasteiger partial charge < -0.3 is 9.47 Å². The molecule has 36 heavy (non-hydrogen) atoms. The highest BCUT2D eigenvalue weighted by Crippen LogP contribution is 2.58. The molecular formula is C29H23NO6. The molecule has 180 valence electrons. The number of ketones is 2. The Morgan fingerprint density at radius 2 is 1.44 bits per heavy atom. The molecule has 0 radical (unpaired) electrons. The van der Waals surface area contributed by atoms with Crippen molar-refractivity contribution in [2.45, 2.75) is 25.6 Å². The van der Waals surface area contributed by atoms with Crippen LogP contribution in [-0.2, 0) is 14.3 Å². The van der Waals surface area contributed by atoms with Gasteiger partial charge >= 0.3 is 0 Å². The van der Waals surface area contributed by atoms with Crippen molar-refractivity contribution in [2.75, 3.05) is 11.5 Å². The van der Waals surface area contributed by atoms with Crippen molar-refractivity contribution in [1.29, 1.82) is 0 Å². The monoisotopic (exact) mass is 481 g/mol. The average Bonchev–Trinajstić information content (AvgIpc) is 3.45. The van der Waals surface area contributed by atoms with Gasteiger partial charge in [0.05, 0.1) is 30.2 Å². The van der Waals surface area contributed by atoms with Gasteiger partial charge in [0.2, 0.25) is 29.0 Å². The summed E-state index contributed by atoms with van der Waals surface area (Å²) < 4.78 is 11.8. The third-order valence-electron chi connectivity index (χ3n) is 7.42. The Morgan fingerprint density at radius 1 is 0.833 bits per heavy atom. The van der Waals surface area contributed by atoms with Gasteiger partial charge in [0.25, 0.3) is 0 Å². The first kappa shape index (κ1) is 22.4. The molecule has 0 saturated carbocycles. The Morgan fingerprint density at radius 3 is 2.06 bits per heavy atom. The van der Waals surface area contributed by atoms with Crippen molar-refractivity contribution in [3.63, 3.8) is 0 Å². The summed E-state index contributed by atoms with van der Waals surface area (Å²) in [5.74, 6) is -3.92. The Hall–Kier alpha value is -4.10. The van der Waals surface area contributed by atoms with Crippen molar-refractivity contribution < 1.29 is 28.7 Å². The Kier molecular flexibility index (Phi) is 4.95. The number of carbonyl (C=O) groups is 4. The molecule has 3 aromatic carbocycles. The minimum Gasteiger partial charge on any atom is -0.494 e. The fourth-order valence-corrected chi connectivity index (χ4v) is 5.82. The van der Waals surface area contributed by atoms with E-state index in [0.717, 1.165) is 10.5 Å². The normalized spacial score (nSPS) is 23.9. The molecule has 0 bridgehead atoms. The number of anilines is 1. The molecule has 3 aromatic rings. The van der Waals surface area contributed by atoms with E-state index in [0.29, 0.717) is 23.6 Å². The van der Waals surface area contributed by atoms with Crippen LogP contribution in [0.5, 0.6) is 5.75 Å². The zero-order valence-electron chi connectivity index (χ0n) is 19.8. The molecule has 7 heteroatoms. The van der Waals surface area contributed by atoms with Crippen LogP contribution in [0.25, 0.3) is 0 Å². The Balaban J connectivity index is 1.51. The second kappa shape index (κ2) is 7.96. The number of amides is 2. The molecular weight excluding hydrogens is 458 g/mol. The van der Waals surface area contributed by atoms with E-state index in [1.165, 1.54) is 0 Å². The summed E-state index contributed by atoms with van der Waals surface area (Å²) >= 11 is 0. The lowest BCUT2D eigenvalue weighted by Crippen LogP contribution is -2.51. The molecule has 7 nitrogen and oxygen atoms in total. The zero-order valence-corrected chi connectivity index (χ0v) is 19.8. The molecule has 2 heterocycles. The van der Waals surface area contributed by atoms with Crippen LogP contribution >= 0.6 is 0 Å². The van der Waals surface area contributed by atoms with Gasteiger partial charge in [0.1, 0.15) is 5.75 Å². The first-order chi connectivity index (χ1) is 17.4. The molecule has 2 saturated heterocycles. The topological polar surface area (TPSA) is 90.0 Å². The van der Waals surface area contributed by atoms with Crippen LogP contribution in [0.15, 0.2) is 72.8 Å². The maximum Gasteiger partial charge on any atom is 0.241 e. The van der Waals surface area contributed by atoms with E-state index in [1.54, 1.807) is 48.5 Å². The van der Waals surface area contributed by atoms with Gasteiger partial charge in [-0.1, -0.05) is 48.5 Å². The SMILES string of the molecule is CCOc1ccc(N2C(=O)C3C(c4ccccc4C)OC4(C(=O)c5ccccc5C4=O)C3C2=O)cc1. The number of hydrogen-bond donors (Lipinski definition) is 0. The number of fused-ring (bicyclic) bond motifs is 3. The van der Waals surface area contributed by atoms with Crippen LogP contribution in [0.3, 0.4) is 0 Å². The second-order valence-electron chi connectivity index (χ2n) is 9.28. The van der Waals surface area contributed by atoms with Crippen molar-refractivity contribution in [2.24, 2.45) is 11.8 Å². The third-order valence-corrected chi connectivity index (χ3v) is 7.42. The lowest BCUT2D eigenvalue weighted by Gasteiger charge is -2.27. The van der Waals surface area contributed by atoms with Crippen LogP contribution in [-0.4, -0.2) is 35.6 Å². The molecule has 2 amide bonds. The zero-order chi connectivity index (χ0) is 25.2. The minimum absolute atomic E-state index is 0.214. The predicted octanol–water partition coefficient (Wildman–Crippen LogP) is 4.09. The van der Waals surface area contributed by atoms with Crippen LogP contribution in [0.1, 0.15) is 44.9 Å². The average molecular weight is 482 g/mol. The van der Waals surface area contributed by atoms with E-state index in [1.807, 2.05) is 38.1 Å². The van der Waals surface area contributed by atoms with E-state index in [2.05, 4.69) is 0 Å². The summed E-state index contributed by atoms with van der Waals surface area (Å²) in [6.07, 6.45) is -0.928. The summed E-state index contributed by atoms with van der Waals surface area (Å²) in [6, 6.07) is 20.4. The number of nitrogens with zero attached hydrogens (tertiary/aromatic N) is 1. The van der Waals surface area contributed by atoms with Gasteiger partial charge in [-0.3, -0.25) is 19.2 Å². The fourth-order valence-electron chi connectivity index (χ4n) is 5.82. The molecule has 2 aliphatic heterocycles. The van der Waals surface area contributed by atoms with Gasteiger partial charge in [-0.25, -0.2) is 4.90 Å². The summed E-state index contributed by atoms with van der Waals surface area (Å²) in [7, 11) is 0. The molecule has 3 unspecified atom stereocenters. The summed E-state index contributed by atoms with van der Waals surface area (Å²) in [5, 5.41) is 0. The van der Waals surface area contributed by atoms with Crippen LogP contribution in [0, 0.1) is 18.8 Å². The summed E-state index contributed by atoms with van der Waals surface area (Å²) in [5.41, 5.74) is 0.229. The van der Waals surface area contributed by atoms with Gasteiger partial charge in [0, 0.05) is 11.1 Å². The number of imide groups is 1. The van der Waals surface area contributed by atoms with Crippen LogP contribution in [0.4, 0.5) is 5.69 Å². The number of aryl methyl sites for hydroxylation is 1. The van der Waals surface area contributed by atoms with E-state index in [9.17, 15) is 19.2 Å². The van der Waals surface area contributed by atoms with E-state index < -0.39 is 46.9 Å². The van der Waals surface area contributed by atoms with Crippen LogP contribution in [0.2, 0.25) is 0 Å². The molecule has 3 atom stereocenters. The van der Waals surface area contributed by atoms with E-state index in [4.69, 9.17) is 9.47 Å². The number of ether oxygens (including phenoxy) is 2. The van der Waals surface area contributed by atoms with Gasteiger partial charge in [-0.05, 0) is 49.2 Å². The number of Topliss-reactive ketones (excluding diaryl/α,β-unsaturated/α-hetero) is 2. The van der Waals surface area contributed by atoms with Crippen molar-refractivity contribution in [3.05, 3.63) is 95.1 Å². The molecule has 0 N–H and O–H groups in total. The second-order valence-corrected chi connectivity index (χ2v) is 9.28. The highest BCUT2D eigenvalue weighted by atomic mass is 16.5. The predicted molar refractivity (Wildman–Crippen MR) is 130 cm³/mol. The van der Waals surface area contributed by atoms with Crippen molar-refractivity contribution in [3.8, 4) is 5.75 Å². The Bertz CT molecular complexity index is 1410. The first-order valence-corrected chi connectivity index (χ1v) is 11.9. The fraction of sp³-hybridized carbons (Fsp3) is 0.241. The number of carbonyl (C=O) groups excluding carboxylic acids is 4. The number of hydrogen-bond acceptors (Lipinski definition) is 6. The highest BCUT2D eigenvalue weighted by Gasteiger charge is 2.74. The Labute approximate surface area is 207 Å².